The minimum atomic E-state index is -0.862. The molecule has 4 heteroatoms. The van der Waals surface area contributed by atoms with Crippen molar-refractivity contribution in [3.8, 4) is 0 Å². The van der Waals surface area contributed by atoms with Gasteiger partial charge < -0.3 is 5.11 Å². The van der Waals surface area contributed by atoms with Crippen LogP contribution in [0, 0.1) is 0 Å². The van der Waals surface area contributed by atoms with Gasteiger partial charge in [-0.2, -0.15) is 0 Å². The minimum absolute atomic E-state index is 0.413. The summed E-state index contributed by atoms with van der Waals surface area (Å²) in [6, 6.07) is 5.68. The summed E-state index contributed by atoms with van der Waals surface area (Å²) in [5.41, 5.74) is 3.09. The lowest BCUT2D eigenvalue weighted by Gasteiger charge is -2.12. The smallest absolute Gasteiger partial charge is 0.332 e. The molecule has 0 saturated carbocycles. The molecule has 1 aliphatic heterocycles. The Morgan fingerprint density at radius 1 is 1.47 bits per heavy atom. The molecule has 0 atom stereocenters. The van der Waals surface area contributed by atoms with Crippen molar-refractivity contribution in [2.45, 2.75) is 6.42 Å². The summed E-state index contributed by atoms with van der Waals surface area (Å²) in [5.74, 6) is -0.862. The average Bonchev–Trinajstić information content (AvgIpc) is 2.64. The van der Waals surface area contributed by atoms with Crippen molar-refractivity contribution in [3.63, 3.8) is 0 Å². The largest absolute Gasteiger partial charge is 0.478 e. The molecule has 15 heavy (non-hydrogen) atoms. The first-order valence-corrected chi connectivity index (χ1v) is 4.65. The van der Waals surface area contributed by atoms with E-state index in [2.05, 4.69) is 4.98 Å². The summed E-state index contributed by atoms with van der Waals surface area (Å²) in [6.07, 6.45) is 3.87. The molecule has 2 aromatic rings. The molecule has 0 spiro atoms. The van der Waals surface area contributed by atoms with Gasteiger partial charge in [0.15, 0.2) is 0 Å². The zero-order valence-electron chi connectivity index (χ0n) is 7.84. The maximum atomic E-state index is 10.9. The van der Waals surface area contributed by atoms with Crippen LogP contribution in [-0.4, -0.2) is 20.5 Å². The Morgan fingerprint density at radius 3 is 3.13 bits per heavy atom. The highest BCUT2D eigenvalue weighted by Crippen LogP contribution is 2.22. The van der Waals surface area contributed by atoms with E-state index < -0.39 is 5.97 Å². The maximum absolute atomic E-state index is 10.9. The molecular formula is C11H8N2O2. The van der Waals surface area contributed by atoms with E-state index in [0.29, 0.717) is 12.0 Å². The Kier molecular flexibility index (Phi) is 1.48. The number of carboxylic acid groups (broad SMARTS) is 1. The minimum Gasteiger partial charge on any atom is -0.478 e. The van der Waals surface area contributed by atoms with E-state index in [1.807, 2.05) is 22.6 Å². The van der Waals surface area contributed by atoms with E-state index >= 15 is 0 Å². The number of aromatic nitrogens is 2. The first-order chi connectivity index (χ1) is 7.25. The Morgan fingerprint density at radius 2 is 2.33 bits per heavy atom. The van der Waals surface area contributed by atoms with Gasteiger partial charge in [-0.25, -0.2) is 9.78 Å². The van der Waals surface area contributed by atoms with Crippen molar-refractivity contribution in [1.29, 1.82) is 0 Å². The second-order valence-corrected chi connectivity index (χ2v) is 3.55. The van der Waals surface area contributed by atoms with Crippen molar-refractivity contribution >= 4 is 17.7 Å². The molecule has 0 aliphatic carbocycles. The molecule has 0 bridgehead atoms. The highest BCUT2D eigenvalue weighted by atomic mass is 16.4. The van der Waals surface area contributed by atoms with E-state index in [1.165, 1.54) is 0 Å². The normalized spacial score (nSPS) is 14.0. The van der Waals surface area contributed by atoms with E-state index in [0.717, 1.165) is 17.0 Å². The van der Waals surface area contributed by atoms with Crippen molar-refractivity contribution in [1.82, 2.24) is 9.38 Å². The predicted molar refractivity (Wildman–Crippen MR) is 54.5 cm³/mol. The molecule has 3 heterocycles. The molecule has 74 valence electrons. The van der Waals surface area contributed by atoms with Gasteiger partial charge in [0.2, 0.25) is 0 Å². The number of carbonyl (C=O) groups is 1. The molecule has 3 rings (SSSR count). The molecule has 0 amide bonds. The van der Waals surface area contributed by atoms with Gasteiger partial charge in [0, 0.05) is 29.6 Å². The Bertz CT molecular complexity index is 596. The van der Waals surface area contributed by atoms with Crippen LogP contribution in [0.3, 0.4) is 0 Å². The number of hydrogen-bond acceptors (Lipinski definition) is 2. The summed E-state index contributed by atoms with van der Waals surface area (Å²) >= 11 is 0. The van der Waals surface area contributed by atoms with E-state index in [9.17, 15) is 4.79 Å². The van der Waals surface area contributed by atoms with E-state index in [4.69, 9.17) is 5.11 Å². The van der Waals surface area contributed by atoms with Gasteiger partial charge in [-0.15, -0.1) is 0 Å². The zero-order chi connectivity index (χ0) is 10.4. The van der Waals surface area contributed by atoms with Crippen LogP contribution < -0.4 is 0 Å². The third-order valence-corrected chi connectivity index (χ3v) is 2.60. The van der Waals surface area contributed by atoms with Crippen molar-refractivity contribution < 1.29 is 9.90 Å². The van der Waals surface area contributed by atoms with Crippen LogP contribution in [0.1, 0.15) is 11.4 Å². The second kappa shape index (κ2) is 2.70. The van der Waals surface area contributed by atoms with Crippen LogP contribution in [0.2, 0.25) is 0 Å². The van der Waals surface area contributed by atoms with Crippen LogP contribution in [0.25, 0.3) is 11.7 Å². The van der Waals surface area contributed by atoms with Crippen LogP contribution in [0.15, 0.2) is 30.0 Å². The molecule has 1 aliphatic rings. The summed E-state index contributed by atoms with van der Waals surface area (Å²) < 4.78 is 1.98. The third-order valence-electron chi connectivity index (χ3n) is 2.60. The topological polar surface area (TPSA) is 54.6 Å². The quantitative estimate of drug-likeness (QED) is 0.756. The number of pyridine rings is 1. The average molecular weight is 200 g/mol. The summed E-state index contributed by atoms with van der Waals surface area (Å²) in [7, 11) is 0. The number of hydrogen-bond donors (Lipinski definition) is 1. The van der Waals surface area contributed by atoms with Crippen molar-refractivity contribution in [2.75, 3.05) is 0 Å². The number of aliphatic carboxylic acids is 1. The Hall–Kier alpha value is -2.10. The fourth-order valence-electron chi connectivity index (χ4n) is 1.93. The number of nitrogens with zero attached hydrogens (tertiary/aromatic N) is 2. The van der Waals surface area contributed by atoms with Crippen LogP contribution in [0.4, 0.5) is 0 Å². The zero-order valence-corrected chi connectivity index (χ0v) is 7.84. The highest BCUT2D eigenvalue weighted by molar-refractivity contribution is 5.93. The molecule has 0 aromatic carbocycles. The number of carboxylic acids is 1. The van der Waals surface area contributed by atoms with E-state index in [-0.39, 0.29) is 0 Å². The monoisotopic (exact) mass is 200 g/mol. The van der Waals surface area contributed by atoms with Gasteiger partial charge in [-0.05, 0) is 18.2 Å². The molecular weight excluding hydrogens is 192 g/mol. The Balaban J connectivity index is 2.33. The Labute approximate surface area is 85.5 Å². The van der Waals surface area contributed by atoms with Crippen LogP contribution in [0.5, 0.6) is 0 Å². The second-order valence-electron chi connectivity index (χ2n) is 3.55. The lowest BCUT2D eigenvalue weighted by Crippen LogP contribution is -2.11. The van der Waals surface area contributed by atoms with E-state index in [1.54, 1.807) is 12.3 Å². The first kappa shape index (κ1) is 8.23. The predicted octanol–water partition coefficient (Wildman–Crippen LogP) is 1.36. The van der Waals surface area contributed by atoms with Gasteiger partial charge in [-0.1, -0.05) is 6.07 Å². The third kappa shape index (κ3) is 1.08. The number of rotatable bonds is 1. The van der Waals surface area contributed by atoms with Gasteiger partial charge in [-0.3, -0.25) is 4.40 Å². The molecule has 0 unspecified atom stereocenters. The lowest BCUT2D eigenvalue weighted by molar-refractivity contribution is -0.132. The number of imidazole rings is 1. The van der Waals surface area contributed by atoms with Crippen molar-refractivity contribution in [2.24, 2.45) is 0 Å². The first-order valence-electron chi connectivity index (χ1n) is 4.65. The fraction of sp³-hybridized carbons (Fsp3) is 0.0909. The van der Waals surface area contributed by atoms with Crippen LogP contribution in [-0.2, 0) is 11.2 Å². The summed E-state index contributed by atoms with van der Waals surface area (Å²) in [5, 5.41) is 8.96. The lowest BCUT2D eigenvalue weighted by atomic mass is 10.1. The van der Waals surface area contributed by atoms with Crippen molar-refractivity contribution in [3.05, 3.63) is 41.4 Å². The molecule has 0 fully saturated rings. The summed E-state index contributed by atoms with van der Waals surface area (Å²) in [4.78, 5) is 15.1. The van der Waals surface area contributed by atoms with Gasteiger partial charge in [0.05, 0.1) is 0 Å². The molecule has 4 nitrogen and oxygen atoms in total. The molecule has 1 N–H and O–H groups in total. The van der Waals surface area contributed by atoms with Crippen LogP contribution >= 0.6 is 0 Å². The van der Waals surface area contributed by atoms with Gasteiger partial charge in [0.1, 0.15) is 5.65 Å². The maximum Gasteiger partial charge on any atom is 0.332 e. The SMILES string of the molecule is O=C(O)C1=Cc2cccc3ncc(n23)C1. The molecule has 0 radical (unpaired) electrons. The van der Waals surface area contributed by atoms with Gasteiger partial charge in [0.25, 0.3) is 0 Å². The highest BCUT2D eigenvalue weighted by Gasteiger charge is 2.17. The summed E-state index contributed by atoms with van der Waals surface area (Å²) in [6.45, 7) is 0. The molecule has 0 saturated heterocycles. The standard InChI is InChI=1S/C11H8N2O2/c14-11(15)7-4-8-2-1-3-10-12-6-9(5-7)13(8)10/h1-4,6H,5H2,(H,14,15). The van der Waals surface area contributed by atoms with Gasteiger partial charge >= 0.3 is 5.97 Å². The fourth-order valence-corrected chi connectivity index (χ4v) is 1.93. The molecule has 2 aromatic heterocycles.